The summed E-state index contributed by atoms with van der Waals surface area (Å²) in [5.41, 5.74) is 12.7. The number of nitrogens with zero attached hydrogens (tertiary/aromatic N) is 3. The van der Waals surface area contributed by atoms with Crippen LogP contribution in [0.4, 0.5) is 22.7 Å². The number of benzene rings is 2. The number of hydrogen-bond acceptors (Lipinski definition) is 6. The first-order valence-electron chi connectivity index (χ1n) is 12.9. The average molecular weight is 470 g/mol. The fourth-order valence-corrected chi connectivity index (χ4v) is 5.18. The second-order valence-electron chi connectivity index (χ2n) is 9.71. The van der Waals surface area contributed by atoms with Crippen molar-refractivity contribution in [2.75, 3.05) is 41.3 Å². The molecule has 0 unspecified atom stereocenters. The van der Waals surface area contributed by atoms with Crippen LogP contribution in [-0.2, 0) is 4.79 Å². The smallest absolute Gasteiger partial charge is 0.204 e. The highest BCUT2D eigenvalue weighted by Gasteiger charge is 2.23. The fraction of sp³-hybridized carbons (Fsp3) is 0.379. The zero-order valence-electron chi connectivity index (χ0n) is 20.6. The lowest BCUT2D eigenvalue weighted by Gasteiger charge is -2.29. The van der Waals surface area contributed by atoms with Gasteiger partial charge in [0.25, 0.3) is 0 Å². The van der Waals surface area contributed by atoms with E-state index in [9.17, 15) is 4.79 Å². The monoisotopic (exact) mass is 469 g/mol. The maximum Gasteiger partial charge on any atom is 0.204 e. The molecule has 0 aromatic heterocycles. The number of aliphatic imine (C=N–C) groups is 1. The molecule has 35 heavy (non-hydrogen) atoms. The summed E-state index contributed by atoms with van der Waals surface area (Å²) < 4.78 is 0. The molecule has 1 aliphatic carbocycles. The SMILES string of the molecule is CC1=C(Nc2ccc(N3CCCCC3)cc2)C(=O)C=C(N)C1=Nc1ccc(N2CCCCC2)cc1. The standard InChI is InChI=1S/C29H35N5O/c1-21-28(31-22-8-12-24(13-9-22)33-16-4-2-5-17-33)26(30)20-27(35)29(21)32-23-10-14-25(15-11-23)34-18-6-3-7-19-34/h8-15,20,32H,2-7,16-19,30H2,1H3. The summed E-state index contributed by atoms with van der Waals surface area (Å²) in [6, 6.07) is 16.6. The van der Waals surface area contributed by atoms with Crippen LogP contribution in [0.25, 0.3) is 0 Å². The highest BCUT2D eigenvalue weighted by Crippen LogP contribution is 2.27. The predicted octanol–water partition coefficient (Wildman–Crippen LogP) is 5.55. The number of rotatable bonds is 5. The molecule has 2 saturated heterocycles. The van der Waals surface area contributed by atoms with Gasteiger partial charge in [0, 0.05) is 54.9 Å². The first-order chi connectivity index (χ1) is 17.1. The molecule has 2 heterocycles. The summed E-state index contributed by atoms with van der Waals surface area (Å²) in [5.74, 6) is -0.125. The van der Waals surface area contributed by atoms with Crippen molar-refractivity contribution in [3.05, 3.63) is 71.6 Å². The Kier molecular flexibility index (Phi) is 6.89. The molecular weight excluding hydrogens is 434 g/mol. The van der Waals surface area contributed by atoms with Gasteiger partial charge < -0.3 is 20.9 Å². The molecule has 2 aromatic carbocycles. The van der Waals surface area contributed by atoms with Crippen LogP contribution in [-0.4, -0.2) is 37.7 Å². The first-order valence-corrected chi connectivity index (χ1v) is 12.9. The lowest BCUT2D eigenvalue weighted by atomic mass is 9.97. The van der Waals surface area contributed by atoms with Crippen molar-refractivity contribution < 1.29 is 4.79 Å². The maximum absolute atomic E-state index is 12.8. The number of carbonyl (C=O) groups excluding carboxylic acids is 1. The maximum atomic E-state index is 12.8. The third kappa shape index (κ3) is 5.26. The predicted molar refractivity (Wildman–Crippen MR) is 146 cm³/mol. The lowest BCUT2D eigenvalue weighted by molar-refractivity contribution is -0.111. The second kappa shape index (κ2) is 10.4. The van der Waals surface area contributed by atoms with E-state index >= 15 is 0 Å². The van der Waals surface area contributed by atoms with Gasteiger partial charge >= 0.3 is 0 Å². The van der Waals surface area contributed by atoms with E-state index < -0.39 is 0 Å². The Labute approximate surface area is 208 Å². The molecule has 3 N–H and O–H groups in total. The minimum atomic E-state index is -0.125. The molecule has 0 spiro atoms. The third-order valence-electron chi connectivity index (χ3n) is 7.21. The number of carbonyl (C=O) groups is 1. The molecule has 6 heteroatoms. The molecule has 3 aliphatic rings. The quantitative estimate of drug-likeness (QED) is 0.562. The van der Waals surface area contributed by atoms with Crippen LogP contribution in [0.5, 0.6) is 0 Å². The zero-order valence-corrected chi connectivity index (χ0v) is 20.6. The highest BCUT2D eigenvalue weighted by molar-refractivity contribution is 6.25. The van der Waals surface area contributed by atoms with Gasteiger partial charge in [0.1, 0.15) is 0 Å². The van der Waals surface area contributed by atoms with Crippen molar-refractivity contribution in [2.45, 2.75) is 45.4 Å². The molecule has 0 bridgehead atoms. The van der Waals surface area contributed by atoms with Crippen molar-refractivity contribution in [3.63, 3.8) is 0 Å². The highest BCUT2D eigenvalue weighted by atomic mass is 16.1. The molecule has 0 saturated carbocycles. The largest absolute Gasteiger partial charge is 0.397 e. The fourth-order valence-electron chi connectivity index (χ4n) is 5.18. The molecule has 0 atom stereocenters. The average Bonchev–Trinajstić information content (AvgIpc) is 2.91. The Morgan fingerprint density at radius 3 is 1.83 bits per heavy atom. The molecule has 2 aromatic rings. The van der Waals surface area contributed by atoms with Gasteiger partial charge in [-0.2, -0.15) is 0 Å². The summed E-state index contributed by atoms with van der Waals surface area (Å²) in [4.78, 5) is 22.5. The van der Waals surface area contributed by atoms with Gasteiger partial charge in [0.15, 0.2) is 0 Å². The Hall–Kier alpha value is -3.54. The van der Waals surface area contributed by atoms with Crippen LogP contribution in [0.1, 0.15) is 45.4 Å². The van der Waals surface area contributed by atoms with Gasteiger partial charge in [-0.15, -0.1) is 0 Å². The van der Waals surface area contributed by atoms with Gasteiger partial charge in [-0.1, -0.05) is 0 Å². The minimum absolute atomic E-state index is 0.125. The van der Waals surface area contributed by atoms with Gasteiger partial charge in [-0.25, -0.2) is 4.99 Å². The van der Waals surface area contributed by atoms with Crippen molar-refractivity contribution >= 4 is 34.2 Å². The Morgan fingerprint density at radius 2 is 1.29 bits per heavy atom. The number of nitrogens with one attached hydrogen (secondary N) is 1. The van der Waals surface area contributed by atoms with Crippen LogP contribution in [0.3, 0.4) is 0 Å². The van der Waals surface area contributed by atoms with E-state index in [-0.39, 0.29) is 5.78 Å². The minimum Gasteiger partial charge on any atom is -0.397 e. The summed E-state index contributed by atoms with van der Waals surface area (Å²) in [6.45, 7) is 6.35. The normalized spacial score (nSPS) is 20.3. The summed E-state index contributed by atoms with van der Waals surface area (Å²) in [7, 11) is 0. The molecule has 6 nitrogen and oxygen atoms in total. The van der Waals surface area contributed by atoms with Crippen LogP contribution >= 0.6 is 0 Å². The summed E-state index contributed by atoms with van der Waals surface area (Å²) >= 11 is 0. The van der Waals surface area contributed by atoms with Crippen molar-refractivity contribution in [1.29, 1.82) is 0 Å². The van der Waals surface area contributed by atoms with Crippen LogP contribution in [0.15, 0.2) is 76.6 Å². The van der Waals surface area contributed by atoms with Crippen LogP contribution in [0.2, 0.25) is 0 Å². The first kappa shape index (κ1) is 23.2. The van der Waals surface area contributed by atoms with E-state index in [0.717, 1.165) is 43.1 Å². The van der Waals surface area contributed by atoms with Crippen molar-refractivity contribution in [3.8, 4) is 0 Å². The van der Waals surface area contributed by atoms with Crippen LogP contribution in [0, 0.1) is 0 Å². The van der Waals surface area contributed by atoms with Gasteiger partial charge in [0.05, 0.1) is 22.8 Å². The molecule has 5 rings (SSSR count). The molecule has 0 amide bonds. The number of anilines is 3. The van der Waals surface area contributed by atoms with E-state index in [2.05, 4.69) is 39.4 Å². The zero-order chi connectivity index (χ0) is 24.2. The van der Waals surface area contributed by atoms with E-state index in [1.165, 1.54) is 56.0 Å². The van der Waals surface area contributed by atoms with Gasteiger partial charge in [-0.3, -0.25) is 4.79 Å². The molecular formula is C29H35N5O. The number of nitrogens with two attached hydrogens (primary N) is 1. The van der Waals surface area contributed by atoms with Gasteiger partial charge in [-0.05, 0) is 94.0 Å². The molecule has 2 fully saturated rings. The van der Waals surface area contributed by atoms with Crippen LogP contribution < -0.4 is 20.9 Å². The van der Waals surface area contributed by atoms with E-state index in [4.69, 9.17) is 10.7 Å². The topological polar surface area (TPSA) is 74.0 Å². The Balaban J connectivity index is 1.34. The van der Waals surface area contributed by atoms with Crippen molar-refractivity contribution in [2.24, 2.45) is 10.7 Å². The summed E-state index contributed by atoms with van der Waals surface area (Å²) in [5, 5.41) is 3.32. The van der Waals surface area contributed by atoms with Gasteiger partial charge in [0.2, 0.25) is 5.78 Å². The Bertz CT molecular complexity index is 1150. The van der Waals surface area contributed by atoms with E-state index in [0.29, 0.717) is 17.1 Å². The summed E-state index contributed by atoms with van der Waals surface area (Å²) in [6.07, 6.45) is 9.10. The Morgan fingerprint density at radius 1 is 0.771 bits per heavy atom. The molecule has 182 valence electrons. The second-order valence-corrected chi connectivity index (χ2v) is 9.71. The number of ketones is 1. The molecule has 2 aliphatic heterocycles. The third-order valence-corrected chi connectivity index (χ3v) is 7.21. The van der Waals surface area contributed by atoms with E-state index in [1.807, 2.05) is 31.2 Å². The molecule has 0 radical (unpaired) electrons. The number of piperidine rings is 2. The van der Waals surface area contributed by atoms with Crippen molar-refractivity contribution in [1.82, 2.24) is 0 Å². The van der Waals surface area contributed by atoms with E-state index in [1.54, 1.807) is 0 Å². The lowest BCUT2D eigenvalue weighted by Crippen LogP contribution is -2.29. The number of allylic oxidation sites excluding steroid dienone is 2. The number of hydrogen-bond donors (Lipinski definition) is 2.